The number of carbonyl (C=O) groups is 1. The van der Waals surface area contributed by atoms with E-state index in [9.17, 15) is 4.79 Å². The number of aliphatic carboxylic acids is 1. The SMILES string of the molecule is CN(C)c1ccccc1-n1ccnc1SCC(=O)O. The minimum Gasteiger partial charge on any atom is -0.481 e. The van der Waals surface area contributed by atoms with Crippen molar-refractivity contribution in [2.24, 2.45) is 0 Å². The van der Waals surface area contributed by atoms with E-state index in [0.717, 1.165) is 11.4 Å². The summed E-state index contributed by atoms with van der Waals surface area (Å²) in [5.74, 6) is -0.846. The summed E-state index contributed by atoms with van der Waals surface area (Å²) in [5, 5.41) is 9.43. The summed E-state index contributed by atoms with van der Waals surface area (Å²) in [6, 6.07) is 7.93. The Kier molecular flexibility index (Phi) is 4.11. The third kappa shape index (κ3) is 3.08. The lowest BCUT2D eigenvalue weighted by atomic mass is 10.2. The first-order valence-corrected chi connectivity index (χ1v) is 6.73. The van der Waals surface area contributed by atoms with Gasteiger partial charge in [0.1, 0.15) is 0 Å². The highest BCUT2D eigenvalue weighted by molar-refractivity contribution is 7.99. The van der Waals surface area contributed by atoms with Gasteiger partial charge >= 0.3 is 5.97 Å². The fourth-order valence-electron chi connectivity index (χ4n) is 1.75. The molecule has 0 radical (unpaired) electrons. The number of anilines is 1. The standard InChI is InChI=1S/C13H15N3O2S/c1-15(2)10-5-3-4-6-11(10)16-8-7-14-13(16)19-9-12(17)18/h3-8H,9H2,1-2H3,(H,17,18). The van der Waals surface area contributed by atoms with Crippen LogP contribution in [0.2, 0.25) is 0 Å². The maximum atomic E-state index is 10.7. The number of nitrogens with zero attached hydrogens (tertiary/aromatic N) is 3. The molecule has 1 N–H and O–H groups in total. The van der Waals surface area contributed by atoms with E-state index in [4.69, 9.17) is 5.11 Å². The van der Waals surface area contributed by atoms with E-state index < -0.39 is 5.97 Å². The Labute approximate surface area is 115 Å². The number of hydrogen-bond acceptors (Lipinski definition) is 4. The van der Waals surface area contributed by atoms with E-state index in [1.807, 2.05) is 54.0 Å². The summed E-state index contributed by atoms with van der Waals surface area (Å²) < 4.78 is 1.91. The van der Waals surface area contributed by atoms with Crippen LogP contribution in [0.15, 0.2) is 41.8 Å². The number of thioether (sulfide) groups is 1. The first kappa shape index (κ1) is 13.5. The van der Waals surface area contributed by atoms with Gasteiger partial charge < -0.3 is 10.0 Å². The summed E-state index contributed by atoms with van der Waals surface area (Å²) in [4.78, 5) is 16.9. The van der Waals surface area contributed by atoms with Crippen molar-refractivity contribution in [2.45, 2.75) is 5.16 Å². The number of aromatic nitrogens is 2. The van der Waals surface area contributed by atoms with Gasteiger partial charge in [-0.25, -0.2) is 4.98 Å². The van der Waals surface area contributed by atoms with E-state index >= 15 is 0 Å². The molecule has 2 rings (SSSR count). The number of imidazole rings is 1. The lowest BCUT2D eigenvalue weighted by Crippen LogP contribution is -2.12. The van der Waals surface area contributed by atoms with Crippen LogP contribution in [0.1, 0.15) is 0 Å². The predicted octanol–water partition coefficient (Wildman–Crippen LogP) is 2.11. The molecule has 5 nitrogen and oxygen atoms in total. The Bertz CT molecular complexity index is 581. The molecule has 0 aliphatic heterocycles. The van der Waals surface area contributed by atoms with Crippen molar-refractivity contribution in [1.82, 2.24) is 9.55 Å². The molecule has 2 aromatic rings. The third-order valence-corrected chi connectivity index (χ3v) is 3.51. The molecule has 100 valence electrons. The molecule has 1 heterocycles. The van der Waals surface area contributed by atoms with Crippen molar-refractivity contribution >= 4 is 23.4 Å². The van der Waals surface area contributed by atoms with Crippen molar-refractivity contribution in [3.63, 3.8) is 0 Å². The van der Waals surface area contributed by atoms with Gasteiger partial charge in [-0.05, 0) is 12.1 Å². The van der Waals surface area contributed by atoms with Gasteiger partial charge in [0.05, 0.1) is 17.1 Å². The molecule has 0 unspecified atom stereocenters. The molecule has 1 aromatic carbocycles. The maximum Gasteiger partial charge on any atom is 0.313 e. The van der Waals surface area contributed by atoms with Crippen LogP contribution < -0.4 is 4.90 Å². The highest BCUT2D eigenvalue weighted by Crippen LogP contribution is 2.27. The summed E-state index contributed by atoms with van der Waals surface area (Å²) in [5.41, 5.74) is 2.04. The van der Waals surface area contributed by atoms with Crippen molar-refractivity contribution in [1.29, 1.82) is 0 Å². The van der Waals surface area contributed by atoms with E-state index in [0.29, 0.717) is 5.16 Å². The van der Waals surface area contributed by atoms with Gasteiger partial charge in [0.2, 0.25) is 0 Å². The van der Waals surface area contributed by atoms with Crippen LogP contribution in [-0.2, 0) is 4.79 Å². The molecule has 0 aliphatic rings. The highest BCUT2D eigenvalue weighted by Gasteiger charge is 2.11. The van der Waals surface area contributed by atoms with E-state index in [1.54, 1.807) is 6.20 Å². The molecule has 0 fully saturated rings. The number of hydrogen-bond donors (Lipinski definition) is 1. The topological polar surface area (TPSA) is 58.4 Å². The Morgan fingerprint density at radius 2 is 2.16 bits per heavy atom. The lowest BCUT2D eigenvalue weighted by molar-refractivity contribution is -0.133. The fourth-order valence-corrected chi connectivity index (χ4v) is 2.44. The normalized spacial score (nSPS) is 10.4. The molecule has 0 bridgehead atoms. The number of rotatable bonds is 5. The van der Waals surface area contributed by atoms with Gasteiger partial charge in [-0.1, -0.05) is 23.9 Å². The zero-order valence-electron chi connectivity index (χ0n) is 10.8. The van der Waals surface area contributed by atoms with Crippen LogP contribution in [0.5, 0.6) is 0 Å². The third-order valence-electron chi connectivity index (χ3n) is 2.55. The van der Waals surface area contributed by atoms with Crippen molar-refractivity contribution < 1.29 is 9.90 Å². The zero-order chi connectivity index (χ0) is 13.8. The molecule has 1 aromatic heterocycles. The second-order valence-electron chi connectivity index (χ2n) is 4.15. The van der Waals surface area contributed by atoms with E-state index in [1.165, 1.54) is 11.8 Å². The Hall–Kier alpha value is -1.95. The summed E-state index contributed by atoms with van der Waals surface area (Å²) in [7, 11) is 3.94. The molecule has 0 atom stereocenters. The van der Waals surface area contributed by atoms with Crippen LogP contribution in [0.4, 0.5) is 5.69 Å². The Balaban J connectivity index is 2.37. The minimum absolute atomic E-state index is 0.00114. The molecule has 0 aliphatic carbocycles. The van der Waals surface area contributed by atoms with Gasteiger partial charge in [-0.15, -0.1) is 0 Å². The number of benzene rings is 1. The first-order chi connectivity index (χ1) is 9.09. The van der Waals surface area contributed by atoms with Crippen molar-refractivity contribution in [3.05, 3.63) is 36.7 Å². The molecule has 0 saturated heterocycles. The molecule has 0 spiro atoms. The van der Waals surface area contributed by atoms with Gasteiger partial charge in [0, 0.05) is 26.5 Å². The minimum atomic E-state index is -0.847. The number of carboxylic acid groups (broad SMARTS) is 1. The number of carboxylic acids is 1. The van der Waals surface area contributed by atoms with E-state index in [-0.39, 0.29) is 5.75 Å². The predicted molar refractivity (Wildman–Crippen MR) is 76.3 cm³/mol. The van der Waals surface area contributed by atoms with Gasteiger partial charge in [-0.2, -0.15) is 0 Å². The number of para-hydroxylation sites is 2. The Morgan fingerprint density at radius 3 is 2.84 bits per heavy atom. The summed E-state index contributed by atoms with van der Waals surface area (Å²) in [6.45, 7) is 0. The second-order valence-corrected chi connectivity index (χ2v) is 5.09. The van der Waals surface area contributed by atoms with Gasteiger partial charge in [-0.3, -0.25) is 9.36 Å². The van der Waals surface area contributed by atoms with Crippen LogP contribution in [0.3, 0.4) is 0 Å². The molecule has 0 amide bonds. The van der Waals surface area contributed by atoms with Gasteiger partial charge in [0.25, 0.3) is 0 Å². The van der Waals surface area contributed by atoms with Crippen LogP contribution in [0, 0.1) is 0 Å². The molecular formula is C13H15N3O2S. The van der Waals surface area contributed by atoms with Gasteiger partial charge in [0.15, 0.2) is 5.16 Å². The highest BCUT2D eigenvalue weighted by atomic mass is 32.2. The molecular weight excluding hydrogens is 262 g/mol. The fraction of sp³-hybridized carbons (Fsp3) is 0.231. The van der Waals surface area contributed by atoms with Crippen molar-refractivity contribution in [2.75, 3.05) is 24.7 Å². The smallest absolute Gasteiger partial charge is 0.313 e. The first-order valence-electron chi connectivity index (χ1n) is 5.74. The van der Waals surface area contributed by atoms with E-state index in [2.05, 4.69) is 4.98 Å². The molecule has 0 saturated carbocycles. The summed E-state index contributed by atoms with van der Waals surface area (Å²) in [6.07, 6.45) is 3.52. The maximum absolute atomic E-state index is 10.7. The Morgan fingerprint density at radius 1 is 1.42 bits per heavy atom. The largest absolute Gasteiger partial charge is 0.481 e. The zero-order valence-corrected chi connectivity index (χ0v) is 11.6. The quantitative estimate of drug-likeness (QED) is 0.848. The monoisotopic (exact) mass is 277 g/mol. The van der Waals surface area contributed by atoms with Crippen LogP contribution in [0.25, 0.3) is 5.69 Å². The summed E-state index contributed by atoms with van der Waals surface area (Å²) >= 11 is 1.21. The molecule has 6 heteroatoms. The van der Waals surface area contributed by atoms with Crippen molar-refractivity contribution in [3.8, 4) is 5.69 Å². The van der Waals surface area contributed by atoms with Crippen LogP contribution >= 0.6 is 11.8 Å². The average molecular weight is 277 g/mol. The molecule has 19 heavy (non-hydrogen) atoms. The van der Waals surface area contributed by atoms with Crippen LogP contribution in [-0.4, -0.2) is 40.5 Å². The average Bonchev–Trinajstić information content (AvgIpc) is 2.84. The second kappa shape index (κ2) is 5.79. The lowest BCUT2D eigenvalue weighted by Gasteiger charge is -2.18.